The van der Waals surface area contributed by atoms with Gasteiger partial charge in [-0.05, 0) is 47.6 Å². The highest BCUT2D eigenvalue weighted by Crippen LogP contribution is 2.13. The number of hydrogen-bond donors (Lipinski definition) is 1. The van der Waals surface area contributed by atoms with Crippen LogP contribution in [0.2, 0.25) is 0 Å². The van der Waals surface area contributed by atoms with Gasteiger partial charge < -0.3 is 10.1 Å². The van der Waals surface area contributed by atoms with Gasteiger partial charge in [-0.1, -0.05) is 11.3 Å². The Kier molecular flexibility index (Phi) is 6.18. The monoisotopic (exact) mass is 271 g/mol. The standard InChI is InChI=1S/C13H25N3OS/c1-10(2)17-9-12-16-15-11(18-12)7-6-8-14-13(3,4)5/h10,14H,6-9H2,1-5H3. The van der Waals surface area contributed by atoms with E-state index >= 15 is 0 Å². The Labute approximate surface area is 114 Å². The normalized spacial score (nSPS) is 12.3. The zero-order chi connectivity index (χ0) is 13.6. The van der Waals surface area contributed by atoms with Gasteiger partial charge in [0.25, 0.3) is 0 Å². The summed E-state index contributed by atoms with van der Waals surface area (Å²) in [7, 11) is 0. The maximum Gasteiger partial charge on any atom is 0.143 e. The molecule has 104 valence electrons. The van der Waals surface area contributed by atoms with E-state index in [0.717, 1.165) is 29.4 Å². The maximum absolute atomic E-state index is 5.51. The molecule has 0 aromatic carbocycles. The summed E-state index contributed by atoms with van der Waals surface area (Å²) in [5.41, 5.74) is 0.192. The lowest BCUT2D eigenvalue weighted by molar-refractivity contribution is 0.0652. The second kappa shape index (κ2) is 7.16. The Morgan fingerprint density at radius 1 is 1.22 bits per heavy atom. The zero-order valence-corrected chi connectivity index (χ0v) is 12.9. The minimum absolute atomic E-state index is 0.192. The van der Waals surface area contributed by atoms with Gasteiger partial charge in [0.1, 0.15) is 16.6 Å². The summed E-state index contributed by atoms with van der Waals surface area (Å²) in [4.78, 5) is 0. The van der Waals surface area contributed by atoms with E-state index in [1.165, 1.54) is 0 Å². The molecule has 18 heavy (non-hydrogen) atoms. The van der Waals surface area contributed by atoms with Gasteiger partial charge in [0, 0.05) is 12.0 Å². The minimum Gasteiger partial charge on any atom is -0.372 e. The Bertz CT molecular complexity index is 344. The van der Waals surface area contributed by atoms with Crippen molar-refractivity contribution in [3.05, 3.63) is 10.0 Å². The van der Waals surface area contributed by atoms with E-state index in [2.05, 4.69) is 36.3 Å². The van der Waals surface area contributed by atoms with Gasteiger partial charge in [0.15, 0.2) is 0 Å². The van der Waals surface area contributed by atoms with Crippen molar-refractivity contribution in [1.29, 1.82) is 0 Å². The first-order chi connectivity index (χ1) is 8.37. The molecule has 1 N–H and O–H groups in total. The van der Waals surface area contributed by atoms with E-state index < -0.39 is 0 Å². The van der Waals surface area contributed by atoms with Gasteiger partial charge in [-0.25, -0.2) is 0 Å². The van der Waals surface area contributed by atoms with Crippen LogP contribution in [0.1, 0.15) is 51.1 Å². The summed E-state index contributed by atoms with van der Waals surface area (Å²) in [6.45, 7) is 12.2. The zero-order valence-electron chi connectivity index (χ0n) is 12.1. The van der Waals surface area contributed by atoms with E-state index in [1.807, 2.05) is 13.8 Å². The number of rotatable bonds is 7. The molecule has 1 rings (SSSR count). The largest absolute Gasteiger partial charge is 0.372 e. The highest BCUT2D eigenvalue weighted by atomic mass is 32.1. The van der Waals surface area contributed by atoms with E-state index in [4.69, 9.17) is 4.74 Å². The first kappa shape index (κ1) is 15.5. The summed E-state index contributed by atoms with van der Waals surface area (Å²) in [6, 6.07) is 0. The lowest BCUT2D eigenvalue weighted by Crippen LogP contribution is -2.36. The van der Waals surface area contributed by atoms with Crippen molar-refractivity contribution >= 4 is 11.3 Å². The molecule has 0 unspecified atom stereocenters. The predicted octanol–water partition coefficient (Wildman–Crippen LogP) is 2.78. The molecule has 0 fully saturated rings. The molecule has 0 radical (unpaired) electrons. The summed E-state index contributed by atoms with van der Waals surface area (Å²) in [6.07, 6.45) is 2.33. The van der Waals surface area contributed by atoms with Crippen LogP contribution in [0.15, 0.2) is 0 Å². The third-order valence-electron chi connectivity index (χ3n) is 2.27. The number of nitrogens with one attached hydrogen (secondary N) is 1. The van der Waals surface area contributed by atoms with Crippen molar-refractivity contribution < 1.29 is 4.74 Å². The fraction of sp³-hybridized carbons (Fsp3) is 0.846. The van der Waals surface area contributed by atoms with Crippen LogP contribution in [0.3, 0.4) is 0 Å². The topological polar surface area (TPSA) is 47.0 Å². The SMILES string of the molecule is CC(C)OCc1nnc(CCCNC(C)(C)C)s1. The van der Waals surface area contributed by atoms with Crippen LogP contribution < -0.4 is 5.32 Å². The summed E-state index contributed by atoms with van der Waals surface area (Å²) >= 11 is 1.66. The molecular formula is C13H25N3OS. The van der Waals surface area contributed by atoms with Crippen LogP contribution in [0.5, 0.6) is 0 Å². The van der Waals surface area contributed by atoms with Crippen LogP contribution >= 0.6 is 11.3 Å². The Morgan fingerprint density at radius 2 is 1.89 bits per heavy atom. The van der Waals surface area contributed by atoms with Crippen molar-refractivity contribution in [2.45, 2.75) is 65.7 Å². The number of aromatic nitrogens is 2. The molecule has 4 nitrogen and oxygen atoms in total. The highest BCUT2D eigenvalue weighted by molar-refractivity contribution is 7.11. The molecule has 0 atom stereocenters. The van der Waals surface area contributed by atoms with Gasteiger partial charge in [0.05, 0.1) is 6.10 Å². The minimum atomic E-state index is 0.192. The molecular weight excluding hydrogens is 246 g/mol. The van der Waals surface area contributed by atoms with Crippen molar-refractivity contribution in [3.8, 4) is 0 Å². The Morgan fingerprint density at radius 3 is 2.50 bits per heavy atom. The molecule has 1 heterocycles. The Hall–Kier alpha value is -0.520. The number of ether oxygens (including phenoxy) is 1. The average Bonchev–Trinajstić information content (AvgIpc) is 2.68. The van der Waals surface area contributed by atoms with Crippen LogP contribution in [0, 0.1) is 0 Å². The average molecular weight is 271 g/mol. The van der Waals surface area contributed by atoms with E-state index in [1.54, 1.807) is 11.3 Å². The van der Waals surface area contributed by atoms with Crippen molar-refractivity contribution in [1.82, 2.24) is 15.5 Å². The van der Waals surface area contributed by atoms with Gasteiger partial charge in [-0.2, -0.15) is 0 Å². The van der Waals surface area contributed by atoms with E-state index in [-0.39, 0.29) is 11.6 Å². The predicted molar refractivity (Wildman–Crippen MR) is 75.9 cm³/mol. The van der Waals surface area contributed by atoms with Gasteiger partial charge in [-0.3, -0.25) is 0 Å². The van der Waals surface area contributed by atoms with Crippen molar-refractivity contribution in [3.63, 3.8) is 0 Å². The molecule has 1 aromatic rings. The molecule has 0 spiro atoms. The molecule has 0 aliphatic heterocycles. The van der Waals surface area contributed by atoms with Crippen LogP contribution in [-0.4, -0.2) is 28.4 Å². The molecule has 5 heteroatoms. The summed E-state index contributed by atoms with van der Waals surface area (Å²) in [5, 5.41) is 13.9. The molecule has 1 aromatic heterocycles. The number of aryl methyl sites for hydroxylation is 1. The second-order valence-electron chi connectivity index (χ2n) is 5.73. The molecule has 0 bridgehead atoms. The lowest BCUT2D eigenvalue weighted by Gasteiger charge is -2.20. The molecule has 0 amide bonds. The van der Waals surface area contributed by atoms with Gasteiger partial charge >= 0.3 is 0 Å². The second-order valence-corrected chi connectivity index (χ2v) is 6.88. The lowest BCUT2D eigenvalue weighted by atomic mass is 10.1. The van der Waals surface area contributed by atoms with Gasteiger partial charge in [-0.15, -0.1) is 10.2 Å². The smallest absolute Gasteiger partial charge is 0.143 e. The maximum atomic E-state index is 5.51. The summed E-state index contributed by atoms with van der Waals surface area (Å²) < 4.78 is 5.51. The third-order valence-corrected chi connectivity index (χ3v) is 3.23. The molecule has 0 saturated heterocycles. The van der Waals surface area contributed by atoms with E-state index in [0.29, 0.717) is 6.61 Å². The van der Waals surface area contributed by atoms with Crippen LogP contribution in [0.25, 0.3) is 0 Å². The molecule has 0 aliphatic carbocycles. The number of nitrogens with zero attached hydrogens (tertiary/aromatic N) is 2. The van der Waals surface area contributed by atoms with E-state index in [9.17, 15) is 0 Å². The first-order valence-corrected chi connectivity index (χ1v) is 7.36. The molecule has 0 saturated carbocycles. The first-order valence-electron chi connectivity index (χ1n) is 6.55. The van der Waals surface area contributed by atoms with Crippen molar-refractivity contribution in [2.24, 2.45) is 0 Å². The van der Waals surface area contributed by atoms with Gasteiger partial charge in [0.2, 0.25) is 0 Å². The Balaban J connectivity index is 2.23. The highest BCUT2D eigenvalue weighted by Gasteiger charge is 2.09. The van der Waals surface area contributed by atoms with Crippen LogP contribution in [-0.2, 0) is 17.8 Å². The fourth-order valence-electron chi connectivity index (χ4n) is 1.39. The number of hydrogen-bond acceptors (Lipinski definition) is 5. The summed E-state index contributed by atoms with van der Waals surface area (Å²) in [5.74, 6) is 0. The fourth-order valence-corrected chi connectivity index (χ4v) is 2.20. The van der Waals surface area contributed by atoms with Crippen LogP contribution in [0.4, 0.5) is 0 Å². The van der Waals surface area contributed by atoms with Crippen molar-refractivity contribution in [2.75, 3.05) is 6.54 Å². The quantitative estimate of drug-likeness (QED) is 0.775. The third kappa shape index (κ3) is 7.03. The molecule has 0 aliphatic rings.